The molecule has 206 valence electrons. The molecule has 2 aliphatic carbocycles. The molecule has 39 heavy (non-hydrogen) atoms. The Balaban J connectivity index is 1.12. The largest absolute Gasteiger partial charge is 0.391 e. The van der Waals surface area contributed by atoms with Gasteiger partial charge in [0, 0.05) is 6.54 Å². The van der Waals surface area contributed by atoms with Crippen LogP contribution in [0.3, 0.4) is 0 Å². The van der Waals surface area contributed by atoms with Gasteiger partial charge in [-0.15, -0.1) is 0 Å². The molecule has 0 aromatic heterocycles. The molecule has 7 heteroatoms. The first-order chi connectivity index (χ1) is 18.9. The maximum atomic E-state index is 13.6. The predicted octanol–water partition coefficient (Wildman–Crippen LogP) is 5.08. The van der Waals surface area contributed by atoms with E-state index in [1.54, 1.807) is 18.2 Å². The van der Waals surface area contributed by atoms with E-state index in [9.17, 15) is 18.3 Å². The number of hydrogen-bond acceptors (Lipinski definition) is 5. The molecule has 1 unspecified atom stereocenters. The molecular formula is C32H38N2O4S. The van der Waals surface area contributed by atoms with Gasteiger partial charge in [-0.25, -0.2) is 8.42 Å². The van der Waals surface area contributed by atoms with Gasteiger partial charge in [0.25, 0.3) is 0 Å². The van der Waals surface area contributed by atoms with E-state index in [0.29, 0.717) is 12.8 Å². The molecule has 3 aliphatic rings. The molecule has 1 heterocycles. The zero-order valence-corrected chi connectivity index (χ0v) is 23.3. The summed E-state index contributed by atoms with van der Waals surface area (Å²) in [5.74, 6) is -0.294. The molecule has 1 aliphatic heterocycles. The number of carbonyl (C=O) groups is 1. The van der Waals surface area contributed by atoms with Crippen LogP contribution >= 0.6 is 0 Å². The van der Waals surface area contributed by atoms with E-state index in [4.69, 9.17) is 0 Å². The van der Waals surface area contributed by atoms with Crippen molar-refractivity contribution in [2.75, 3.05) is 13.1 Å². The highest BCUT2D eigenvalue weighted by atomic mass is 32.2. The number of nitrogens with zero attached hydrogens (tertiary/aromatic N) is 1. The third-order valence-electron chi connectivity index (χ3n) is 9.01. The summed E-state index contributed by atoms with van der Waals surface area (Å²) in [6.07, 6.45) is 5.99. The van der Waals surface area contributed by atoms with Crippen LogP contribution in [0.2, 0.25) is 0 Å². The molecule has 3 aromatic carbocycles. The highest BCUT2D eigenvalue weighted by Crippen LogP contribution is 2.50. The molecule has 2 atom stereocenters. The number of rotatable bonds is 8. The Hall–Kier alpha value is -2.74. The minimum absolute atomic E-state index is 0.107. The van der Waals surface area contributed by atoms with E-state index < -0.39 is 20.7 Å². The number of sulfone groups is 1. The number of piperidine rings is 1. The molecule has 6 rings (SSSR count). The van der Waals surface area contributed by atoms with Gasteiger partial charge in [0.1, 0.15) is 4.75 Å². The van der Waals surface area contributed by atoms with E-state index in [2.05, 4.69) is 28.4 Å². The number of aryl methyl sites for hydroxylation is 1. The van der Waals surface area contributed by atoms with Gasteiger partial charge in [0.2, 0.25) is 5.91 Å². The molecule has 2 N–H and O–H groups in total. The minimum Gasteiger partial charge on any atom is -0.391 e. The van der Waals surface area contributed by atoms with E-state index in [1.807, 2.05) is 24.3 Å². The van der Waals surface area contributed by atoms with Gasteiger partial charge in [-0.05, 0) is 97.6 Å². The van der Waals surface area contributed by atoms with Crippen molar-refractivity contribution in [3.05, 3.63) is 77.4 Å². The second-order valence-electron chi connectivity index (χ2n) is 11.7. The number of benzene rings is 3. The van der Waals surface area contributed by atoms with Gasteiger partial charge in [-0.2, -0.15) is 0 Å². The number of nitrogens with one attached hydrogen (secondary N) is 1. The van der Waals surface area contributed by atoms with Crippen LogP contribution in [0, 0.1) is 0 Å². The van der Waals surface area contributed by atoms with Crippen molar-refractivity contribution in [2.45, 2.75) is 86.1 Å². The van der Waals surface area contributed by atoms with Gasteiger partial charge in [0.15, 0.2) is 9.84 Å². The Morgan fingerprint density at radius 3 is 2.51 bits per heavy atom. The average molecular weight is 547 g/mol. The van der Waals surface area contributed by atoms with Gasteiger partial charge in [0.05, 0.1) is 23.5 Å². The van der Waals surface area contributed by atoms with Crippen LogP contribution < -0.4 is 5.32 Å². The Kier molecular flexibility index (Phi) is 7.25. The maximum absolute atomic E-state index is 13.6. The van der Waals surface area contributed by atoms with Gasteiger partial charge >= 0.3 is 0 Å². The summed E-state index contributed by atoms with van der Waals surface area (Å²) in [6.45, 7) is 3.30. The molecule has 3 aromatic rings. The molecule has 1 saturated carbocycles. The molecule has 6 nitrogen and oxygen atoms in total. The van der Waals surface area contributed by atoms with Crippen molar-refractivity contribution < 1.29 is 18.3 Å². The third-order valence-corrected chi connectivity index (χ3v) is 11.6. The maximum Gasteiger partial charge on any atom is 0.223 e. The van der Waals surface area contributed by atoms with Crippen molar-refractivity contribution >= 4 is 26.5 Å². The molecule has 0 spiro atoms. The number of aliphatic hydroxyl groups excluding tert-OH is 1. The topological polar surface area (TPSA) is 86.7 Å². The van der Waals surface area contributed by atoms with Crippen molar-refractivity contribution in [3.63, 3.8) is 0 Å². The molecule has 2 fully saturated rings. The lowest BCUT2D eigenvalue weighted by Gasteiger charge is -2.30. The van der Waals surface area contributed by atoms with Crippen LogP contribution in [-0.2, 0) is 27.6 Å². The lowest BCUT2D eigenvalue weighted by Crippen LogP contribution is -2.41. The monoisotopic (exact) mass is 546 g/mol. The number of amides is 1. The zero-order chi connectivity index (χ0) is 27.0. The van der Waals surface area contributed by atoms with Gasteiger partial charge in [-0.3, -0.25) is 9.69 Å². The second kappa shape index (κ2) is 10.7. The van der Waals surface area contributed by atoms with Gasteiger partial charge in [-0.1, -0.05) is 55.0 Å². The highest BCUT2D eigenvalue weighted by Gasteiger charge is 2.60. The number of carbonyl (C=O) groups excluding carboxylic acids is 1. The van der Waals surface area contributed by atoms with Crippen LogP contribution in [0.4, 0.5) is 0 Å². The summed E-state index contributed by atoms with van der Waals surface area (Å²) < 4.78 is 25.9. The fourth-order valence-corrected chi connectivity index (χ4v) is 8.66. The summed E-state index contributed by atoms with van der Waals surface area (Å²) in [4.78, 5) is 15.8. The van der Waals surface area contributed by atoms with E-state index in [0.717, 1.165) is 55.2 Å². The smallest absolute Gasteiger partial charge is 0.223 e. The number of hydrogen-bond donors (Lipinski definition) is 2. The van der Waals surface area contributed by atoms with Crippen molar-refractivity contribution in [2.24, 2.45) is 0 Å². The summed E-state index contributed by atoms with van der Waals surface area (Å²) in [7, 11) is -3.80. The molecular weight excluding hydrogens is 508 g/mol. The van der Waals surface area contributed by atoms with E-state index in [1.165, 1.54) is 30.4 Å². The van der Waals surface area contributed by atoms with Crippen LogP contribution in [0.25, 0.3) is 10.8 Å². The predicted molar refractivity (Wildman–Crippen MR) is 153 cm³/mol. The first-order valence-corrected chi connectivity index (χ1v) is 15.9. The fraction of sp³-hybridized carbons (Fsp3) is 0.469. The fourth-order valence-electron chi connectivity index (χ4n) is 6.58. The average Bonchev–Trinajstić information content (AvgIpc) is 3.76. The Morgan fingerprint density at radius 1 is 0.974 bits per heavy atom. The van der Waals surface area contributed by atoms with E-state index >= 15 is 0 Å². The van der Waals surface area contributed by atoms with Crippen LogP contribution in [0.15, 0.2) is 65.6 Å². The normalized spacial score (nSPS) is 21.7. The molecule has 0 radical (unpaired) electrons. The lowest BCUT2D eigenvalue weighted by molar-refractivity contribution is -0.124. The van der Waals surface area contributed by atoms with E-state index in [-0.39, 0.29) is 23.3 Å². The standard InChI is InChI=1S/C32H38N2O4S/c35-30(32(15-16-32)39(37,38)27-13-12-24-7-2-3-8-25(24)20-27)21-31(36)33-29-10-6-9-26-19-23(11-14-28(26)29)22-34-17-4-1-5-18-34/h2-3,7-8,11-14,19-20,29-30,35H,1,4-6,9-10,15-18,21-22H2,(H,33,36)/t29-,30?/m1/s1. The molecule has 1 saturated heterocycles. The second-order valence-corrected chi connectivity index (χ2v) is 14.0. The first-order valence-electron chi connectivity index (χ1n) is 14.4. The quantitative estimate of drug-likeness (QED) is 0.412. The lowest BCUT2D eigenvalue weighted by atomic mass is 9.86. The highest BCUT2D eigenvalue weighted by molar-refractivity contribution is 7.93. The van der Waals surface area contributed by atoms with Crippen molar-refractivity contribution in [3.8, 4) is 0 Å². The van der Waals surface area contributed by atoms with Crippen molar-refractivity contribution in [1.29, 1.82) is 0 Å². The number of aliphatic hydroxyl groups is 1. The summed E-state index contributed by atoms with van der Waals surface area (Å²) in [5.41, 5.74) is 3.77. The molecule has 1 amide bonds. The SMILES string of the molecule is O=C(CC(O)C1(S(=O)(=O)c2ccc3ccccc3c2)CC1)N[C@@H]1CCCc2cc(CN3CCCCC3)ccc21. The Labute approximate surface area is 231 Å². The first kappa shape index (κ1) is 26.5. The van der Waals surface area contributed by atoms with Crippen molar-refractivity contribution in [1.82, 2.24) is 10.2 Å². The molecule has 0 bridgehead atoms. The summed E-state index contributed by atoms with van der Waals surface area (Å²) >= 11 is 0. The summed E-state index contributed by atoms with van der Waals surface area (Å²) in [6, 6.07) is 19.2. The Bertz CT molecular complexity index is 1470. The third kappa shape index (κ3) is 5.24. The Morgan fingerprint density at radius 2 is 1.74 bits per heavy atom. The van der Waals surface area contributed by atoms with Crippen LogP contribution in [0.5, 0.6) is 0 Å². The number of fused-ring (bicyclic) bond motifs is 2. The van der Waals surface area contributed by atoms with Crippen LogP contribution in [0.1, 0.15) is 74.1 Å². The zero-order valence-electron chi connectivity index (χ0n) is 22.4. The minimum atomic E-state index is -3.80. The summed E-state index contributed by atoms with van der Waals surface area (Å²) in [5, 5.41) is 16.0. The number of likely N-dealkylation sites (tertiary alicyclic amines) is 1. The van der Waals surface area contributed by atoms with Crippen LogP contribution in [-0.4, -0.2) is 48.3 Å². The van der Waals surface area contributed by atoms with Gasteiger partial charge < -0.3 is 10.4 Å².